The fourth-order valence-electron chi connectivity index (χ4n) is 2.84. The Morgan fingerprint density at radius 3 is 2.28 bits per heavy atom. The zero-order chi connectivity index (χ0) is 20.8. The Balaban J connectivity index is 1.64. The van der Waals surface area contributed by atoms with E-state index in [0.29, 0.717) is 23.4 Å². The molecule has 0 radical (unpaired) electrons. The summed E-state index contributed by atoms with van der Waals surface area (Å²) in [4.78, 5) is 31.0. The quantitative estimate of drug-likeness (QED) is 0.676. The molecule has 0 fully saturated rings. The van der Waals surface area contributed by atoms with Gasteiger partial charge in [-0.15, -0.1) is 0 Å². The molecule has 0 unspecified atom stereocenters. The van der Waals surface area contributed by atoms with Gasteiger partial charge < -0.3 is 15.5 Å². The van der Waals surface area contributed by atoms with Crippen LogP contribution in [0.1, 0.15) is 31.8 Å². The topological polar surface area (TPSA) is 74.3 Å². The summed E-state index contributed by atoms with van der Waals surface area (Å²) in [7, 11) is 3.91. The molecule has 29 heavy (non-hydrogen) atoms. The number of nitrogens with zero attached hydrogens (tertiary/aromatic N) is 2. The Morgan fingerprint density at radius 2 is 1.62 bits per heavy atom. The van der Waals surface area contributed by atoms with Crippen molar-refractivity contribution >= 4 is 23.2 Å². The number of rotatable bonds is 6. The summed E-state index contributed by atoms with van der Waals surface area (Å²) in [5, 5.41) is 5.69. The van der Waals surface area contributed by atoms with E-state index < -0.39 is 0 Å². The number of aryl methyl sites for hydroxylation is 1. The highest BCUT2D eigenvalue weighted by Crippen LogP contribution is 2.16. The lowest BCUT2D eigenvalue weighted by atomic mass is 10.1. The van der Waals surface area contributed by atoms with Gasteiger partial charge in [-0.1, -0.05) is 29.8 Å². The monoisotopic (exact) mass is 388 g/mol. The van der Waals surface area contributed by atoms with Crippen molar-refractivity contribution in [3.8, 4) is 0 Å². The number of carbonyl (C=O) groups is 2. The lowest BCUT2D eigenvalue weighted by Gasteiger charge is -2.13. The molecule has 2 aromatic carbocycles. The number of amides is 2. The first-order valence-corrected chi connectivity index (χ1v) is 9.30. The summed E-state index contributed by atoms with van der Waals surface area (Å²) in [6.45, 7) is 2.42. The number of carbonyl (C=O) groups excluding carboxylic acids is 2. The standard InChI is InChI=1S/C23H24N4O2/c1-16-5-4-6-17(11-16)13-25-22(28)18-12-19(15-24-14-18)23(29)26-20-7-9-21(10-8-20)27(2)3/h4-12,14-15H,13H2,1-3H3,(H,25,28)(H,26,29). The summed E-state index contributed by atoms with van der Waals surface area (Å²) in [5.74, 6) is -0.590. The second-order valence-corrected chi connectivity index (χ2v) is 7.03. The van der Waals surface area contributed by atoms with Crippen LogP contribution in [0.2, 0.25) is 0 Å². The Bertz CT molecular complexity index is 1010. The van der Waals surface area contributed by atoms with Gasteiger partial charge in [0.25, 0.3) is 11.8 Å². The zero-order valence-electron chi connectivity index (χ0n) is 16.8. The highest BCUT2D eigenvalue weighted by Gasteiger charge is 2.12. The molecule has 0 aliphatic rings. The molecule has 0 spiro atoms. The molecule has 0 atom stereocenters. The van der Waals surface area contributed by atoms with Gasteiger partial charge in [0, 0.05) is 44.4 Å². The molecule has 0 aliphatic heterocycles. The van der Waals surface area contributed by atoms with Crippen molar-refractivity contribution in [1.29, 1.82) is 0 Å². The predicted octanol–water partition coefficient (Wildman–Crippen LogP) is 3.64. The molecule has 0 aliphatic carbocycles. The number of aromatic nitrogens is 1. The van der Waals surface area contributed by atoms with Gasteiger partial charge in [-0.05, 0) is 42.8 Å². The van der Waals surface area contributed by atoms with E-state index in [1.807, 2.05) is 74.4 Å². The third-order valence-corrected chi connectivity index (χ3v) is 4.44. The third kappa shape index (κ3) is 5.42. The van der Waals surface area contributed by atoms with E-state index in [4.69, 9.17) is 0 Å². The molecule has 1 heterocycles. The van der Waals surface area contributed by atoms with Gasteiger partial charge in [0.05, 0.1) is 11.1 Å². The van der Waals surface area contributed by atoms with E-state index in [9.17, 15) is 9.59 Å². The van der Waals surface area contributed by atoms with E-state index in [2.05, 4.69) is 15.6 Å². The first kappa shape index (κ1) is 20.1. The maximum atomic E-state index is 12.5. The second kappa shape index (κ2) is 9.01. The summed E-state index contributed by atoms with van der Waals surface area (Å²) in [5.41, 5.74) is 4.53. The van der Waals surface area contributed by atoms with Gasteiger partial charge in [0.1, 0.15) is 0 Å². The number of pyridine rings is 1. The predicted molar refractivity (Wildman–Crippen MR) is 115 cm³/mol. The first-order valence-electron chi connectivity index (χ1n) is 9.30. The highest BCUT2D eigenvalue weighted by atomic mass is 16.2. The van der Waals surface area contributed by atoms with Crippen LogP contribution in [0.5, 0.6) is 0 Å². The average molecular weight is 388 g/mol. The van der Waals surface area contributed by atoms with Crippen LogP contribution in [0.3, 0.4) is 0 Å². The Hall–Kier alpha value is -3.67. The maximum absolute atomic E-state index is 12.5. The van der Waals surface area contributed by atoms with Crippen molar-refractivity contribution in [2.24, 2.45) is 0 Å². The van der Waals surface area contributed by atoms with Gasteiger partial charge in [0.15, 0.2) is 0 Å². The highest BCUT2D eigenvalue weighted by molar-refractivity contribution is 6.05. The van der Waals surface area contributed by atoms with Crippen molar-refractivity contribution < 1.29 is 9.59 Å². The Morgan fingerprint density at radius 1 is 0.931 bits per heavy atom. The summed E-state index contributed by atoms with van der Waals surface area (Å²) >= 11 is 0. The van der Waals surface area contributed by atoms with E-state index in [1.54, 1.807) is 6.07 Å². The third-order valence-electron chi connectivity index (χ3n) is 4.44. The van der Waals surface area contributed by atoms with Gasteiger partial charge >= 0.3 is 0 Å². The lowest BCUT2D eigenvalue weighted by Crippen LogP contribution is -2.23. The van der Waals surface area contributed by atoms with E-state index >= 15 is 0 Å². The molecule has 0 saturated carbocycles. The lowest BCUT2D eigenvalue weighted by molar-refractivity contribution is 0.0950. The molecule has 3 rings (SSSR count). The second-order valence-electron chi connectivity index (χ2n) is 7.03. The molecule has 2 N–H and O–H groups in total. The van der Waals surface area contributed by atoms with E-state index in [-0.39, 0.29) is 11.8 Å². The van der Waals surface area contributed by atoms with E-state index in [0.717, 1.165) is 16.8 Å². The van der Waals surface area contributed by atoms with Crippen LogP contribution in [0.15, 0.2) is 67.0 Å². The molecule has 148 valence electrons. The van der Waals surface area contributed by atoms with Crippen LogP contribution in [0.4, 0.5) is 11.4 Å². The van der Waals surface area contributed by atoms with Gasteiger partial charge in [-0.25, -0.2) is 0 Å². The minimum absolute atomic E-state index is 0.274. The normalized spacial score (nSPS) is 10.3. The first-order chi connectivity index (χ1) is 13.9. The Labute approximate surface area is 170 Å². The van der Waals surface area contributed by atoms with Crippen LogP contribution in [0.25, 0.3) is 0 Å². The Kier molecular flexibility index (Phi) is 6.24. The van der Waals surface area contributed by atoms with Crippen molar-refractivity contribution in [3.05, 3.63) is 89.2 Å². The largest absolute Gasteiger partial charge is 0.378 e. The molecule has 6 heteroatoms. The summed E-state index contributed by atoms with van der Waals surface area (Å²) in [6.07, 6.45) is 2.90. The number of hydrogen-bond acceptors (Lipinski definition) is 4. The van der Waals surface area contributed by atoms with Crippen LogP contribution in [0, 0.1) is 6.92 Å². The van der Waals surface area contributed by atoms with Crippen LogP contribution in [-0.2, 0) is 6.54 Å². The SMILES string of the molecule is Cc1cccc(CNC(=O)c2cncc(C(=O)Nc3ccc(N(C)C)cc3)c2)c1. The molecular formula is C23H24N4O2. The van der Waals surface area contributed by atoms with Crippen molar-refractivity contribution in [1.82, 2.24) is 10.3 Å². The fourth-order valence-corrected chi connectivity index (χ4v) is 2.84. The number of anilines is 2. The number of nitrogens with one attached hydrogen (secondary N) is 2. The average Bonchev–Trinajstić information content (AvgIpc) is 2.72. The van der Waals surface area contributed by atoms with Crippen molar-refractivity contribution in [3.63, 3.8) is 0 Å². The molecule has 6 nitrogen and oxygen atoms in total. The van der Waals surface area contributed by atoms with Gasteiger partial charge in [-0.2, -0.15) is 0 Å². The van der Waals surface area contributed by atoms with Crippen LogP contribution >= 0.6 is 0 Å². The zero-order valence-corrected chi connectivity index (χ0v) is 16.8. The van der Waals surface area contributed by atoms with Gasteiger partial charge in [0.2, 0.25) is 0 Å². The van der Waals surface area contributed by atoms with Crippen LogP contribution in [-0.4, -0.2) is 30.9 Å². The molecule has 0 bridgehead atoms. The number of benzene rings is 2. The minimum atomic E-state index is -0.316. The molecule has 2 amide bonds. The molecule has 1 aromatic heterocycles. The maximum Gasteiger partial charge on any atom is 0.257 e. The molecule has 3 aromatic rings. The minimum Gasteiger partial charge on any atom is -0.378 e. The van der Waals surface area contributed by atoms with Crippen LogP contribution < -0.4 is 15.5 Å². The smallest absolute Gasteiger partial charge is 0.257 e. The molecular weight excluding hydrogens is 364 g/mol. The van der Waals surface area contributed by atoms with Gasteiger partial charge in [-0.3, -0.25) is 14.6 Å². The fraction of sp³-hybridized carbons (Fsp3) is 0.174. The number of hydrogen-bond donors (Lipinski definition) is 2. The van der Waals surface area contributed by atoms with Crippen molar-refractivity contribution in [2.45, 2.75) is 13.5 Å². The summed E-state index contributed by atoms with van der Waals surface area (Å²) in [6, 6.07) is 17.0. The van der Waals surface area contributed by atoms with E-state index in [1.165, 1.54) is 12.4 Å². The van der Waals surface area contributed by atoms with Crippen molar-refractivity contribution in [2.75, 3.05) is 24.3 Å². The molecule has 0 saturated heterocycles. The summed E-state index contributed by atoms with van der Waals surface area (Å²) < 4.78 is 0.